The van der Waals surface area contributed by atoms with Crippen molar-refractivity contribution in [3.8, 4) is 22.0 Å². The smallest absolute Gasteiger partial charge is 0.159 e. The van der Waals surface area contributed by atoms with Crippen LogP contribution in [0.1, 0.15) is 12.1 Å². The van der Waals surface area contributed by atoms with Crippen molar-refractivity contribution in [3.63, 3.8) is 0 Å². The number of hydrogen-bond donors (Lipinski definition) is 0. The van der Waals surface area contributed by atoms with E-state index in [1.165, 1.54) is 0 Å². The Balaban J connectivity index is 1.81. The Labute approximate surface area is 126 Å². The maximum Gasteiger partial charge on any atom is 0.159 e. The van der Waals surface area contributed by atoms with Gasteiger partial charge in [0.1, 0.15) is 11.3 Å². The van der Waals surface area contributed by atoms with Crippen molar-refractivity contribution in [1.29, 1.82) is 0 Å². The number of nitrogens with zero attached hydrogens (tertiary/aromatic N) is 3. The number of aldehydes is 1. The Bertz CT molecular complexity index is 723. The third-order valence-corrected chi connectivity index (χ3v) is 3.94. The van der Waals surface area contributed by atoms with E-state index in [1.54, 1.807) is 23.7 Å². The normalized spacial score (nSPS) is 10.5. The molecule has 0 unspecified atom stereocenters. The fourth-order valence-corrected chi connectivity index (χ4v) is 2.77. The summed E-state index contributed by atoms with van der Waals surface area (Å²) in [7, 11) is 0. The topological polar surface area (TPSA) is 55.7 Å². The lowest BCUT2D eigenvalue weighted by molar-refractivity contribution is -0.107. The molecule has 0 saturated carbocycles. The number of aromatic nitrogens is 3. The molecule has 1 aromatic carbocycles. The third kappa shape index (κ3) is 3.20. The highest BCUT2D eigenvalue weighted by Gasteiger charge is 2.07. The summed E-state index contributed by atoms with van der Waals surface area (Å²) in [5.41, 5.74) is 2.83. The quantitative estimate of drug-likeness (QED) is 0.677. The van der Waals surface area contributed by atoms with Crippen LogP contribution in [0.15, 0.2) is 48.1 Å². The number of benzene rings is 1. The Morgan fingerprint density at radius 1 is 1.05 bits per heavy atom. The second-order valence-electron chi connectivity index (χ2n) is 4.51. The molecule has 5 heteroatoms. The Kier molecular flexibility index (Phi) is 4.12. The molecule has 0 amide bonds. The summed E-state index contributed by atoms with van der Waals surface area (Å²) in [5, 5.41) is 2.86. The molecular formula is C16H13N3OS. The Morgan fingerprint density at radius 2 is 1.81 bits per heavy atom. The Morgan fingerprint density at radius 3 is 2.52 bits per heavy atom. The number of aryl methyl sites for hydroxylation is 1. The van der Waals surface area contributed by atoms with Crippen molar-refractivity contribution < 1.29 is 4.79 Å². The predicted molar refractivity (Wildman–Crippen MR) is 83.0 cm³/mol. The van der Waals surface area contributed by atoms with Crippen LogP contribution in [0.2, 0.25) is 0 Å². The summed E-state index contributed by atoms with van der Waals surface area (Å²) >= 11 is 1.55. The van der Waals surface area contributed by atoms with Gasteiger partial charge in [0, 0.05) is 35.3 Å². The summed E-state index contributed by atoms with van der Waals surface area (Å²) < 4.78 is 0. The summed E-state index contributed by atoms with van der Waals surface area (Å²) in [6, 6.07) is 9.86. The minimum Gasteiger partial charge on any atom is -0.303 e. The molecule has 21 heavy (non-hydrogen) atoms. The zero-order valence-corrected chi connectivity index (χ0v) is 12.1. The molecule has 0 N–H and O–H groups in total. The van der Waals surface area contributed by atoms with E-state index in [9.17, 15) is 4.79 Å². The highest BCUT2D eigenvalue weighted by molar-refractivity contribution is 7.13. The van der Waals surface area contributed by atoms with Crippen LogP contribution in [-0.4, -0.2) is 21.2 Å². The first-order valence-corrected chi connectivity index (χ1v) is 7.50. The van der Waals surface area contributed by atoms with Gasteiger partial charge in [0.05, 0.1) is 5.69 Å². The van der Waals surface area contributed by atoms with Gasteiger partial charge in [0.15, 0.2) is 5.82 Å². The van der Waals surface area contributed by atoms with E-state index in [-0.39, 0.29) is 0 Å². The molecule has 3 rings (SSSR count). The second kappa shape index (κ2) is 6.37. The standard InChI is InChI=1S/C16H13N3OS/c20-8-4-7-14-11-21-16(19-14)13-9-17-15(18-10-13)12-5-2-1-3-6-12/h1-3,5-6,8-11H,4,7H2. The minimum atomic E-state index is 0.507. The fraction of sp³-hybridized carbons (Fsp3) is 0.125. The molecule has 0 spiro atoms. The summed E-state index contributed by atoms with van der Waals surface area (Å²) in [5.74, 6) is 0.706. The maximum absolute atomic E-state index is 10.4. The molecule has 0 fully saturated rings. The van der Waals surface area contributed by atoms with E-state index in [1.807, 2.05) is 35.7 Å². The van der Waals surface area contributed by atoms with Gasteiger partial charge < -0.3 is 4.79 Å². The van der Waals surface area contributed by atoms with Gasteiger partial charge in [0.2, 0.25) is 0 Å². The first-order valence-electron chi connectivity index (χ1n) is 6.62. The van der Waals surface area contributed by atoms with Gasteiger partial charge in [-0.05, 0) is 6.42 Å². The van der Waals surface area contributed by atoms with E-state index in [0.717, 1.165) is 28.1 Å². The van der Waals surface area contributed by atoms with E-state index in [2.05, 4.69) is 15.0 Å². The van der Waals surface area contributed by atoms with Crippen LogP contribution in [0.3, 0.4) is 0 Å². The van der Waals surface area contributed by atoms with E-state index in [4.69, 9.17) is 0 Å². The van der Waals surface area contributed by atoms with Gasteiger partial charge in [-0.2, -0.15) is 0 Å². The van der Waals surface area contributed by atoms with Crippen molar-refractivity contribution in [2.75, 3.05) is 0 Å². The van der Waals surface area contributed by atoms with Gasteiger partial charge in [-0.3, -0.25) is 0 Å². The largest absolute Gasteiger partial charge is 0.303 e. The molecule has 2 aromatic heterocycles. The summed E-state index contributed by atoms with van der Waals surface area (Å²) in [6.07, 6.45) is 5.68. The van der Waals surface area contributed by atoms with Gasteiger partial charge in [-0.1, -0.05) is 30.3 Å². The highest BCUT2D eigenvalue weighted by Crippen LogP contribution is 2.24. The van der Waals surface area contributed by atoms with Crippen LogP contribution >= 0.6 is 11.3 Å². The summed E-state index contributed by atoms with van der Waals surface area (Å²) in [6.45, 7) is 0. The molecule has 0 bridgehead atoms. The van der Waals surface area contributed by atoms with Crippen molar-refractivity contribution >= 4 is 17.6 Å². The van der Waals surface area contributed by atoms with Crippen LogP contribution in [0, 0.1) is 0 Å². The molecule has 0 radical (unpaired) electrons. The van der Waals surface area contributed by atoms with Crippen LogP contribution in [0.4, 0.5) is 0 Å². The van der Waals surface area contributed by atoms with Crippen LogP contribution in [-0.2, 0) is 11.2 Å². The van der Waals surface area contributed by atoms with E-state index in [0.29, 0.717) is 18.7 Å². The monoisotopic (exact) mass is 295 g/mol. The van der Waals surface area contributed by atoms with Gasteiger partial charge in [0.25, 0.3) is 0 Å². The van der Waals surface area contributed by atoms with Gasteiger partial charge >= 0.3 is 0 Å². The number of thiazole rings is 1. The maximum atomic E-state index is 10.4. The number of rotatable bonds is 5. The lowest BCUT2D eigenvalue weighted by Crippen LogP contribution is -1.90. The molecule has 0 saturated heterocycles. The highest BCUT2D eigenvalue weighted by atomic mass is 32.1. The molecule has 0 aliphatic heterocycles. The zero-order valence-electron chi connectivity index (χ0n) is 11.3. The van der Waals surface area contributed by atoms with Crippen molar-refractivity contribution in [3.05, 3.63) is 53.8 Å². The summed E-state index contributed by atoms with van der Waals surface area (Å²) in [4.78, 5) is 23.7. The van der Waals surface area contributed by atoms with Gasteiger partial charge in [-0.15, -0.1) is 11.3 Å². The molecule has 0 aliphatic rings. The Hall–Kier alpha value is -2.40. The predicted octanol–water partition coefficient (Wildman–Crippen LogP) is 3.40. The molecule has 3 aromatic rings. The van der Waals surface area contributed by atoms with Gasteiger partial charge in [-0.25, -0.2) is 15.0 Å². The van der Waals surface area contributed by atoms with Crippen molar-refractivity contribution in [2.45, 2.75) is 12.8 Å². The average Bonchev–Trinajstić information content (AvgIpc) is 3.03. The molecule has 0 aliphatic carbocycles. The first-order chi connectivity index (χ1) is 10.4. The molecule has 2 heterocycles. The second-order valence-corrected chi connectivity index (χ2v) is 5.37. The molecular weight excluding hydrogens is 282 g/mol. The lowest BCUT2D eigenvalue weighted by Gasteiger charge is -2.00. The lowest BCUT2D eigenvalue weighted by atomic mass is 10.2. The van der Waals surface area contributed by atoms with Crippen molar-refractivity contribution in [1.82, 2.24) is 15.0 Å². The number of carbonyl (C=O) groups is 1. The van der Waals surface area contributed by atoms with E-state index >= 15 is 0 Å². The number of carbonyl (C=O) groups excluding carboxylic acids is 1. The van der Waals surface area contributed by atoms with E-state index < -0.39 is 0 Å². The first kappa shape index (κ1) is 13.6. The average molecular weight is 295 g/mol. The molecule has 4 nitrogen and oxygen atoms in total. The number of hydrogen-bond acceptors (Lipinski definition) is 5. The zero-order chi connectivity index (χ0) is 14.5. The SMILES string of the molecule is O=CCCc1csc(-c2cnc(-c3ccccc3)nc2)n1. The van der Waals surface area contributed by atoms with Crippen LogP contribution in [0.5, 0.6) is 0 Å². The minimum absolute atomic E-state index is 0.507. The van der Waals surface area contributed by atoms with Crippen LogP contribution in [0.25, 0.3) is 22.0 Å². The van der Waals surface area contributed by atoms with Crippen molar-refractivity contribution in [2.24, 2.45) is 0 Å². The molecule has 0 atom stereocenters. The molecule has 104 valence electrons. The van der Waals surface area contributed by atoms with Crippen LogP contribution < -0.4 is 0 Å². The third-order valence-electron chi connectivity index (χ3n) is 3.00. The fourth-order valence-electron chi connectivity index (χ4n) is 1.94.